The zero-order chi connectivity index (χ0) is 23.3. The second-order valence-corrected chi connectivity index (χ2v) is 9.47. The highest BCUT2D eigenvalue weighted by Gasteiger charge is 2.26. The molecule has 0 atom stereocenters. The first-order valence-electron chi connectivity index (χ1n) is 11.8. The normalized spacial score (nSPS) is 18.4. The van der Waals surface area contributed by atoms with Crippen molar-refractivity contribution < 1.29 is 9.53 Å². The van der Waals surface area contributed by atoms with Gasteiger partial charge >= 0.3 is 0 Å². The number of benzene rings is 1. The van der Waals surface area contributed by atoms with Gasteiger partial charge < -0.3 is 10.1 Å². The van der Waals surface area contributed by atoms with E-state index in [0.717, 1.165) is 30.7 Å². The van der Waals surface area contributed by atoms with Crippen LogP contribution in [0.5, 0.6) is 5.75 Å². The molecule has 3 rings (SSSR count). The lowest BCUT2D eigenvalue weighted by molar-refractivity contribution is 0.0935. The van der Waals surface area contributed by atoms with Crippen molar-refractivity contribution in [1.82, 2.24) is 15.1 Å². The molecule has 1 saturated carbocycles. The first-order chi connectivity index (χ1) is 15.4. The molecule has 1 N–H and O–H groups in total. The van der Waals surface area contributed by atoms with Crippen LogP contribution in [0, 0.1) is 29.1 Å². The molecular weight excluding hydrogens is 400 g/mol. The highest BCUT2D eigenvalue weighted by atomic mass is 16.5. The van der Waals surface area contributed by atoms with Gasteiger partial charge in [0.25, 0.3) is 5.91 Å². The first kappa shape index (κ1) is 23.8. The quantitative estimate of drug-likeness (QED) is 0.616. The smallest absolute Gasteiger partial charge is 0.273 e. The average Bonchev–Trinajstić information content (AvgIpc) is 3.16. The molecule has 1 aliphatic carbocycles. The van der Waals surface area contributed by atoms with Crippen molar-refractivity contribution in [3.8, 4) is 23.1 Å². The summed E-state index contributed by atoms with van der Waals surface area (Å²) in [5, 5.41) is 17.5. The van der Waals surface area contributed by atoms with E-state index in [0.29, 0.717) is 41.9 Å². The molecule has 0 saturated heterocycles. The summed E-state index contributed by atoms with van der Waals surface area (Å²) in [6.45, 7) is 9.80. The van der Waals surface area contributed by atoms with Gasteiger partial charge in [0.15, 0.2) is 5.69 Å². The van der Waals surface area contributed by atoms with Crippen LogP contribution < -0.4 is 10.1 Å². The van der Waals surface area contributed by atoms with E-state index in [1.165, 1.54) is 18.4 Å². The van der Waals surface area contributed by atoms with Crippen molar-refractivity contribution in [3.63, 3.8) is 0 Å². The zero-order valence-electron chi connectivity index (χ0n) is 20.1. The van der Waals surface area contributed by atoms with Crippen LogP contribution in [-0.2, 0) is 13.0 Å². The zero-order valence-corrected chi connectivity index (χ0v) is 20.1. The maximum Gasteiger partial charge on any atom is 0.273 e. The van der Waals surface area contributed by atoms with Gasteiger partial charge in [-0.15, -0.1) is 0 Å². The summed E-state index contributed by atoms with van der Waals surface area (Å²) in [5.74, 6) is 2.23. The fraction of sp³-hybridized carbons (Fsp3) is 0.577. The lowest BCUT2D eigenvalue weighted by Crippen LogP contribution is -2.31. The van der Waals surface area contributed by atoms with Gasteiger partial charge in [-0.1, -0.05) is 39.7 Å². The third-order valence-electron chi connectivity index (χ3n) is 6.43. The van der Waals surface area contributed by atoms with E-state index in [1.807, 2.05) is 19.1 Å². The Morgan fingerprint density at radius 2 is 2.03 bits per heavy atom. The Morgan fingerprint density at radius 3 is 2.62 bits per heavy atom. The van der Waals surface area contributed by atoms with Crippen molar-refractivity contribution in [1.29, 1.82) is 5.26 Å². The van der Waals surface area contributed by atoms with E-state index in [4.69, 9.17) is 4.74 Å². The molecule has 1 fully saturated rings. The van der Waals surface area contributed by atoms with Crippen LogP contribution in [0.15, 0.2) is 18.2 Å². The fourth-order valence-corrected chi connectivity index (χ4v) is 4.61. The molecule has 0 aliphatic heterocycles. The maximum atomic E-state index is 13.0. The third-order valence-corrected chi connectivity index (χ3v) is 6.43. The standard InChI is InChI=1S/C26H36N4O2/c1-6-30-25(21-12-11-20(13-17(2)3)14-23(21)32-5)22(15-27)24(29-30)26(31)28-16-19-9-7-18(4)8-10-19/h11-12,14,17-19H,6-10,13,16H2,1-5H3,(H,28,31). The van der Waals surface area contributed by atoms with Gasteiger partial charge in [0.05, 0.1) is 12.8 Å². The number of nitrogens with zero attached hydrogens (tertiary/aromatic N) is 3. The van der Waals surface area contributed by atoms with Crippen LogP contribution in [0.25, 0.3) is 11.3 Å². The van der Waals surface area contributed by atoms with Crippen molar-refractivity contribution in [3.05, 3.63) is 35.0 Å². The van der Waals surface area contributed by atoms with Crippen molar-refractivity contribution in [2.75, 3.05) is 13.7 Å². The summed E-state index contributed by atoms with van der Waals surface area (Å²) >= 11 is 0. The molecule has 0 spiro atoms. The number of aryl methyl sites for hydroxylation is 1. The summed E-state index contributed by atoms with van der Waals surface area (Å²) in [5.41, 5.74) is 3.10. The Labute approximate surface area is 192 Å². The van der Waals surface area contributed by atoms with Gasteiger partial charge in [-0.25, -0.2) is 0 Å². The molecular formula is C26H36N4O2. The van der Waals surface area contributed by atoms with Crippen molar-refractivity contribution in [2.45, 2.75) is 66.3 Å². The van der Waals surface area contributed by atoms with E-state index >= 15 is 0 Å². The Hall–Kier alpha value is -2.81. The molecule has 1 aliphatic rings. The third kappa shape index (κ3) is 5.32. The minimum Gasteiger partial charge on any atom is -0.496 e. The Bertz CT molecular complexity index is 978. The number of rotatable bonds is 8. The first-order valence-corrected chi connectivity index (χ1v) is 11.8. The summed E-state index contributed by atoms with van der Waals surface area (Å²) in [4.78, 5) is 13.0. The summed E-state index contributed by atoms with van der Waals surface area (Å²) < 4.78 is 7.41. The van der Waals surface area contributed by atoms with Gasteiger partial charge in [-0.3, -0.25) is 9.48 Å². The van der Waals surface area contributed by atoms with Crippen LogP contribution in [0.3, 0.4) is 0 Å². The van der Waals surface area contributed by atoms with Gasteiger partial charge in [-0.2, -0.15) is 10.4 Å². The van der Waals surface area contributed by atoms with E-state index in [1.54, 1.807) is 11.8 Å². The van der Waals surface area contributed by atoms with Gasteiger partial charge in [0, 0.05) is 18.7 Å². The number of hydrogen-bond donors (Lipinski definition) is 1. The highest BCUT2D eigenvalue weighted by molar-refractivity contribution is 5.97. The number of carbonyl (C=O) groups excluding carboxylic acids is 1. The summed E-state index contributed by atoms with van der Waals surface area (Å²) in [6, 6.07) is 8.30. The topological polar surface area (TPSA) is 79.9 Å². The average molecular weight is 437 g/mol. The summed E-state index contributed by atoms with van der Waals surface area (Å²) in [7, 11) is 1.63. The number of hydrogen-bond acceptors (Lipinski definition) is 4. The second kappa shape index (κ2) is 10.7. The van der Waals surface area contributed by atoms with Crippen LogP contribution in [0.2, 0.25) is 0 Å². The number of methoxy groups -OCH3 is 1. The highest BCUT2D eigenvalue weighted by Crippen LogP contribution is 2.35. The summed E-state index contributed by atoms with van der Waals surface area (Å²) in [6.07, 6.45) is 5.65. The Kier molecular flexibility index (Phi) is 7.95. The van der Waals surface area contributed by atoms with Crippen LogP contribution >= 0.6 is 0 Å². The number of aromatic nitrogens is 2. The molecule has 1 aromatic carbocycles. The van der Waals surface area contributed by atoms with Crippen LogP contribution in [0.1, 0.15) is 75.0 Å². The van der Waals surface area contributed by atoms with Crippen LogP contribution in [0.4, 0.5) is 0 Å². The Balaban J connectivity index is 1.90. The van der Waals surface area contributed by atoms with Crippen molar-refractivity contribution in [2.24, 2.45) is 17.8 Å². The predicted octanol–water partition coefficient (Wildman–Crippen LogP) is 5.20. The number of carbonyl (C=O) groups is 1. The van der Waals surface area contributed by atoms with E-state index in [2.05, 4.69) is 43.3 Å². The SMILES string of the molecule is CCn1nc(C(=O)NCC2CCC(C)CC2)c(C#N)c1-c1ccc(CC(C)C)cc1OC. The lowest BCUT2D eigenvalue weighted by atomic mass is 9.83. The van der Waals surface area contributed by atoms with E-state index in [-0.39, 0.29) is 11.6 Å². The number of ether oxygens (including phenoxy) is 1. The molecule has 0 bridgehead atoms. The molecule has 2 aromatic rings. The fourth-order valence-electron chi connectivity index (χ4n) is 4.61. The lowest BCUT2D eigenvalue weighted by Gasteiger charge is -2.26. The van der Waals surface area contributed by atoms with E-state index in [9.17, 15) is 10.1 Å². The van der Waals surface area contributed by atoms with E-state index < -0.39 is 0 Å². The number of amides is 1. The van der Waals surface area contributed by atoms with Gasteiger partial charge in [0.2, 0.25) is 0 Å². The number of nitriles is 1. The monoisotopic (exact) mass is 436 g/mol. The largest absolute Gasteiger partial charge is 0.496 e. The van der Waals surface area contributed by atoms with Crippen molar-refractivity contribution >= 4 is 5.91 Å². The Morgan fingerprint density at radius 1 is 1.31 bits per heavy atom. The molecule has 1 amide bonds. The van der Waals surface area contributed by atoms with Crippen LogP contribution in [-0.4, -0.2) is 29.3 Å². The molecule has 1 heterocycles. The van der Waals surface area contributed by atoms with Gasteiger partial charge in [0.1, 0.15) is 17.4 Å². The number of nitrogens with one attached hydrogen (secondary N) is 1. The minimum absolute atomic E-state index is 0.196. The molecule has 32 heavy (non-hydrogen) atoms. The molecule has 172 valence electrons. The minimum atomic E-state index is -0.274. The molecule has 6 heteroatoms. The molecule has 6 nitrogen and oxygen atoms in total. The molecule has 1 aromatic heterocycles. The maximum absolute atomic E-state index is 13.0. The predicted molar refractivity (Wildman–Crippen MR) is 127 cm³/mol. The molecule has 0 radical (unpaired) electrons. The molecule has 0 unspecified atom stereocenters. The second-order valence-electron chi connectivity index (χ2n) is 9.47. The van der Waals surface area contributed by atoms with Gasteiger partial charge in [-0.05, 0) is 61.6 Å².